The van der Waals surface area contributed by atoms with Crippen molar-refractivity contribution in [1.82, 2.24) is 10.4 Å². The molecule has 3 rings (SSSR count). The third-order valence-electron chi connectivity index (χ3n) is 2.94. The summed E-state index contributed by atoms with van der Waals surface area (Å²) in [4.78, 5) is 14.9. The molecule has 2 N–H and O–H groups in total. The molecule has 1 amide bonds. The van der Waals surface area contributed by atoms with Crippen molar-refractivity contribution in [3.05, 3.63) is 41.6 Å². The van der Waals surface area contributed by atoms with E-state index in [9.17, 15) is 4.79 Å². The Morgan fingerprint density at radius 1 is 1.37 bits per heavy atom. The number of nitrogens with zero attached hydrogens (tertiary/aromatic N) is 1. The molecule has 0 fully saturated rings. The van der Waals surface area contributed by atoms with Gasteiger partial charge in [0.15, 0.2) is 0 Å². The number of aromatic nitrogens is 1. The molecule has 0 aliphatic carbocycles. The van der Waals surface area contributed by atoms with Crippen molar-refractivity contribution in [2.45, 2.75) is 6.92 Å². The van der Waals surface area contributed by atoms with Gasteiger partial charge in [0.2, 0.25) is 5.90 Å². The number of nitrogens with one attached hydrogen (secondary N) is 2. The van der Waals surface area contributed by atoms with Gasteiger partial charge < -0.3 is 9.72 Å². The maximum atomic E-state index is 11.7. The number of hydrogen-bond donors (Lipinski definition) is 2. The number of hydrazone groups is 1. The Labute approximate surface area is 110 Å². The van der Waals surface area contributed by atoms with Gasteiger partial charge in [0.25, 0.3) is 5.91 Å². The first-order chi connectivity index (χ1) is 9.29. The van der Waals surface area contributed by atoms with Gasteiger partial charge in [-0.3, -0.25) is 4.79 Å². The molecule has 0 radical (unpaired) electrons. The highest BCUT2D eigenvalue weighted by atomic mass is 16.5. The maximum Gasteiger partial charge on any atom is 0.277 e. The highest BCUT2D eigenvalue weighted by molar-refractivity contribution is 6.25. The predicted octanol–water partition coefficient (Wildman–Crippen LogP) is 2.03. The zero-order valence-electron chi connectivity index (χ0n) is 10.4. The first kappa shape index (κ1) is 11.5. The molecular formula is C14H13N3O2. The molecule has 0 unspecified atom stereocenters. The number of carbonyl (C=O) groups is 1. The Bertz CT molecular complexity index is 698. The second kappa shape index (κ2) is 4.61. The van der Waals surface area contributed by atoms with Gasteiger partial charge in [0, 0.05) is 22.7 Å². The summed E-state index contributed by atoms with van der Waals surface area (Å²) >= 11 is 0. The van der Waals surface area contributed by atoms with Crippen LogP contribution in [0.25, 0.3) is 17.0 Å². The highest BCUT2D eigenvalue weighted by Gasteiger charge is 2.24. The van der Waals surface area contributed by atoms with Gasteiger partial charge in [0.1, 0.15) is 5.57 Å². The van der Waals surface area contributed by atoms with Crippen molar-refractivity contribution >= 4 is 28.8 Å². The summed E-state index contributed by atoms with van der Waals surface area (Å²) in [5.74, 6) is 0.103. The maximum absolute atomic E-state index is 11.7. The molecule has 0 saturated carbocycles. The molecule has 0 atom stereocenters. The van der Waals surface area contributed by atoms with E-state index >= 15 is 0 Å². The molecule has 5 heteroatoms. The zero-order chi connectivity index (χ0) is 13.2. The van der Waals surface area contributed by atoms with Crippen LogP contribution in [0.15, 0.2) is 41.1 Å². The molecule has 2 aromatic rings. The number of hydrogen-bond acceptors (Lipinski definition) is 3. The highest BCUT2D eigenvalue weighted by Crippen LogP contribution is 2.21. The fourth-order valence-corrected chi connectivity index (χ4v) is 2.06. The van der Waals surface area contributed by atoms with Crippen LogP contribution in [-0.4, -0.2) is 23.4 Å². The number of H-pyrrole nitrogens is 1. The van der Waals surface area contributed by atoms with Crippen LogP contribution in [0.2, 0.25) is 0 Å². The van der Waals surface area contributed by atoms with Crippen LogP contribution >= 0.6 is 0 Å². The van der Waals surface area contributed by atoms with Gasteiger partial charge in [-0.2, -0.15) is 0 Å². The smallest absolute Gasteiger partial charge is 0.277 e. The van der Waals surface area contributed by atoms with E-state index in [-0.39, 0.29) is 5.91 Å². The summed E-state index contributed by atoms with van der Waals surface area (Å²) in [5, 5.41) is 4.93. The third-order valence-corrected chi connectivity index (χ3v) is 2.94. The quantitative estimate of drug-likeness (QED) is 0.806. The van der Waals surface area contributed by atoms with Crippen molar-refractivity contribution in [2.75, 3.05) is 6.61 Å². The lowest BCUT2D eigenvalue weighted by Gasteiger charge is -2.01. The SMILES string of the molecule is CCOC1=NNC(=O)/C1=C\c1c[nH]c2ccccc12. The van der Waals surface area contributed by atoms with Crippen LogP contribution in [0.4, 0.5) is 0 Å². The Balaban J connectivity index is 2.05. The van der Waals surface area contributed by atoms with E-state index in [0.29, 0.717) is 18.1 Å². The summed E-state index contributed by atoms with van der Waals surface area (Å²) in [5.41, 5.74) is 4.83. The number of rotatable bonds is 2. The van der Waals surface area contributed by atoms with Gasteiger partial charge in [-0.25, -0.2) is 5.43 Å². The minimum atomic E-state index is -0.242. The van der Waals surface area contributed by atoms with Gasteiger partial charge in [-0.05, 0) is 19.1 Å². The van der Waals surface area contributed by atoms with Crippen LogP contribution in [0.1, 0.15) is 12.5 Å². The fourth-order valence-electron chi connectivity index (χ4n) is 2.06. The second-order valence-electron chi connectivity index (χ2n) is 4.14. The summed E-state index contributed by atoms with van der Waals surface area (Å²) < 4.78 is 5.33. The van der Waals surface area contributed by atoms with Crippen molar-refractivity contribution < 1.29 is 9.53 Å². The van der Waals surface area contributed by atoms with Gasteiger partial charge >= 0.3 is 0 Å². The van der Waals surface area contributed by atoms with Crippen LogP contribution < -0.4 is 5.43 Å². The molecule has 0 saturated heterocycles. The van der Waals surface area contributed by atoms with E-state index in [1.54, 1.807) is 6.08 Å². The molecule has 1 aliphatic rings. The van der Waals surface area contributed by atoms with E-state index in [2.05, 4.69) is 15.5 Å². The Morgan fingerprint density at radius 2 is 2.21 bits per heavy atom. The standard InChI is InChI=1S/C14H13N3O2/c1-2-19-14-11(13(18)16-17-14)7-9-8-15-12-6-4-3-5-10(9)12/h3-8,15H,2H2,1H3,(H,16,18)/b11-7+. The number of aromatic amines is 1. The minimum absolute atomic E-state index is 0.242. The Hall–Kier alpha value is -2.56. The normalized spacial score (nSPS) is 16.8. The van der Waals surface area contributed by atoms with Crippen molar-refractivity contribution in [2.24, 2.45) is 5.10 Å². The molecule has 0 spiro atoms. The summed E-state index contributed by atoms with van der Waals surface area (Å²) in [6.45, 7) is 2.33. The molecule has 1 aliphatic heterocycles. The lowest BCUT2D eigenvalue weighted by atomic mass is 10.1. The summed E-state index contributed by atoms with van der Waals surface area (Å²) in [6, 6.07) is 7.92. The minimum Gasteiger partial charge on any atom is -0.476 e. The van der Waals surface area contributed by atoms with Crippen LogP contribution in [0.5, 0.6) is 0 Å². The Kier molecular flexibility index (Phi) is 2.79. The molecular weight excluding hydrogens is 242 g/mol. The number of amides is 1. The molecule has 0 bridgehead atoms. The number of para-hydroxylation sites is 1. The van der Waals surface area contributed by atoms with Crippen molar-refractivity contribution in [1.29, 1.82) is 0 Å². The lowest BCUT2D eigenvalue weighted by Crippen LogP contribution is -2.14. The monoisotopic (exact) mass is 255 g/mol. The van der Waals surface area contributed by atoms with Crippen molar-refractivity contribution in [3.63, 3.8) is 0 Å². The van der Waals surface area contributed by atoms with Crippen molar-refractivity contribution in [3.8, 4) is 0 Å². The molecule has 2 heterocycles. The third kappa shape index (κ3) is 1.99. The van der Waals surface area contributed by atoms with Gasteiger partial charge in [-0.15, -0.1) is 5.10 Å². The fraction of sp³-hybridized carbons (Fsp3) is 0.143. The van der Waals surface area contributed by atoms with Gasteiger partial charge in [0.05, 0.1) is 6.61 Å². The molecule has 19 heavy (non-hydrogen) atoms. The molecule has 96 valence electrons. The average Bonchev–Trinajstić information content (AvgIpc) is 2.98. The first-order valence-electron chi connectivity index (χ1n) is 6.08. The zero-order valence-corrected chi connectivity index (χ0v) is 10.4. The van der Waals surface area contributed by atoms with E-state index in [4.69, 9.17) is 4.74 Å². The van der Waals surface area contributed by atoms with Crippen LogP contribution in [0, 0.1) is 0 Å². The second-order valence-corrected chi connectivity index (χ2v) is 4.14. The molecule has 1 aromatic carbocycles. The van der Waals surface area contributed by atoms with Gasteiger partial charge in [-0.1, -0.05) is 18.2 Å². The number of benzene rings is 1. The summed E-state index contributed by atoms with van der Waals surface area (Å²) in [7, 11) is 0. The largest absolute Gasteiger partial charge is 0.476 e. The molecule has 5 nitrogen and oxygen atoms in total. The van der Waals surface area contributed by atoms with E-state index in [1.807, 2.05) is 37.4 Å². The van der Waals surface area contributed by atoms with Crippen LogP contribution in [-0.2, 0) is 9.53 Å². The number of ether oxygens (including phenoxy) is 1. The number of carbonyl (C=O) groups excluding carboxylic acids is 1. The predicted molar refractivity (Wildman–Crippen MR) is 73.5 cm³/mol. The molecule has 1 aromatic heterocycles. The first-order valence-corrected chi connectivity index (χ1v) is 6.08. The number of fused-ring (bicyclic) bond motifs is 1. The summed E-state index contributed by atoms with van der Waals surface area (Å²) in [6.07, 6.45) is 3.66. The average molecular weight is 255 g/mol. The lowest BCUT2D eigenvalue weighted by molar-refractivity contribution is -0.116. The van der Waals surface area contributed by atoms with Crippen LogP contribution in [0.3, 0.4) is 0 Å². The van der Waals surface area contributed by atoms with E-state index < -0.39 is 0 Å². The Morgan fingerprint density at radius 3 is 3.05 bits per heavy atom. The van der Waals surface area contributed by atoms with E-state index in [1.165, 1.54) is 0 Å². The topological polar surface area (TPSA) is 66.5 Å². The van der Waals surface area contributed by atoms with E-state index in [0.717, 1.165) is 16.5 Å².